The predicted octanol–water partition coefficient (Wildman–Crippen LogP) is 1.57. The topological polar surface area (TPSA) is 72.0 Å². The number of nitrogens with one attached hydrogen (secondary N) is 1. The summed E-state index contributed by atoms with van der Waals surface area (Å²) in [5.74, 6) is 0.397. The van der Waals surface area contributed by atoms with E-state index in [1.165, 1.54) is 0 Å². The first-order chi connectivity index (χ1) is 6.11. The van der Waals surface area contributed by atoms with E-state index in [-0.39, 0.29) is 24.3 Å². The van der Waals surface area contributed by atoms with Crippen LogP contribution >= 0.6 is 12.4 Å². The Labute approximate surface area is 89.4 Å². The molecule has 0 bridgehead atoms. The molecule has 0 aliphatic heterocycles. The zero-order chi connectivity index (χ0) is 9.84. The number of nitrogens with two attached hydrogens (primary N) is 1. The Morgan fingerprint density at radius 3 is 2.71 bits per heavy atom. The summed E-state index contributed by atoms with van der Waals surface area (Å²) in [4.78, 5) is 4.00. The van der Waals surface area contributed by atoms with Crippen molar-refractivity contribution < 1.29 is 4.74 Å². The number of hydrogen-bond donors (Lipinski definition) is 2. The number of nitrogen functional groups attached to an aromatic ring is 1. The van der Waals surface area contributed by atoms with Crippen molar-refractivity contribution in [1.29, 1.82) is 5.41 Å². The van der Waals surface area contributed by atoms with E-state index in [1.54, 1.807) is 18.3 Å². The normalized spacial score (nSPS) is 9.36. The second kappa shape index (κ2) is 5.44. The molecule has 1 rings (SSSR count). The molecule has 3 N–H and O–H groups in total. The number of ether oxygens (including phenoxy) is 1. The van der Waals surface area contributed by atoms with E-state index in [4.69, 9.17) is 15.9 Å². The summed E-state index contributed by atoms with van der Waals surface area (Å²) in [5.41, 5.74) is 5.89. The van der Waals surface area contributed by atoms with Gasteiger partial charge in [0.05, 0.1) is 11.7 Å². The highest BCUT2D eigenvalue weighted by atomic mass is 35.5. The lowest BCUT2D eigenvalue weighted by atomic mass is 10.2. The number of rotatable bonds is 3. The van der Waals surface area contributed by atoms with Crippen LogP contribution in [0.2, 0.25) is 0 Å². The summed E-state index contributed by atoms with van der Waals surface area (Å²) in [6.45, 7) is 3.80. The number of amidine groups is 1. The molecular formula is C9H14ClN3O. The molecule has 0 aliphatic rings. The molecule has 78 valence electrons. The number of aromatic nitrogens is 1. The van der Waals surface area contributed by atoms with E-state index in [0.717, 1.165) is 0 Å². The van der Waals surface area contributed by atoms with Gasteiger partial charge in [-0.05, 0) is 26.0 Å². The van der Waals surface area contributed by atoms with Crippen LogP contribution in [-0.2, 0) is 0 Å². The van der Waals surface area contributed by atoms with E-state index in [9.17, 15) is 0 Å². The highest BCUT2D eigenvalue weighted by Crippen LogP contribution is 2.14. The smallest absolute Gasteiger partial charge is 0.224 e. The first kappa shape index (κ1) is 12.7. The van der Waals surface area contributed by atoms with Gasteiger partial charge in [0.15, 0.2) is 0 Å². The standard InChI is InChI=1S/C9H13N3O.ClH/c1-6(2)13-9-7(8(10)11)4-3-5-12-9;/h3-6H,1-2H3,(H3,10,11);1H. The van der Waals surface area contributed by atoms with Crippen LogP contribution in [0.4, 0.5) is 0 Å². The van der Waals surface area contributed by atoms with Gasteiger partial charge in [0.1, 0.15) is 5.84 Å². The minimum atomic E-state index is -0.0243. The maximum absolute atomic E-state index is 7.28. The molecule has 1 aromatic heterocycles. The molecule has 0 atom stereocenters. The molecule has 0 spiro atoms. The summed E-state index contributed by atoms with van der Waals surface area (Å²) in [7, 11) is 0. The van der Waals surface area contributed by atoms with Gasteiger partial charge in [-0.25, -0.2) is 4.98 Å². The van der Waals surface area contributed by atoms with Crippen molar-refractivity contribution >= 4 is 18.2 Å². The fourth-order valence-corrected chi connectivity index (χ4v) is 0.913. The number of halogens is 1. The SMILES string of the molecule is CC(C)Oc1ncccc1C(=N)N.Cl. The maximum Gasteiger partial charge on any atom is 0.224 e. The van der Waals surface area contributed by atoms with Crippen molar-refractivity contribution in [3.63, 3.8) is 0 Å². The van der Waals surface area contributed by atoms with Gasteiger partial charge in [0.2, 0.25) is 5.88 Å². The van der Waals surface area contributed by atoms with E-state index in [1.807, 2.05) is 13.8 Å². The van der Waals surface area contributed by atoms with Crippen LogP contribution in [0.15, 0.2) is 18.3 Å². The number of pyridine rings is 1. The molecule has 0 aliphatic carbocycles. The van der Waals surface area contributed by atoms with Crippen LogP contribution in [0.5, 0.6) is 5.88 Å². The number of hydrogen-bond acceptors (Lipinski definition) is 3. The van der Waals surface area contributed by atoms with E-state index in [2.05, 4.69) is 4.98 Å². The average molecular weight is 216 g/mol. The van der Waals surface area contributed by atoms with E-state index < -0.39 is 0 Å². The first-order valence-corrected chi connectivity index (χ1v) is 4.07. The molecule has 0 unspecified atom stereocenters. The van der Waals surface area contributed by atoms with Gasteiger partial charge in [-0.1, -0.05) is 0 Å². The van der Waals surface area contributed by atoms with Gasteiger partial charge in [-0.2, -0.15) is 0 Å². The van der Waals surface area contributed by atoms with Crippen LogP contribution in [0.25, 0.3) is 0 Å². The lowest BCUT2D eigenvalue weighted by Gasteiger charge is -2.11. The van der Waals surface area contributed by atoms with Gasteiger partial charge >= 0.3 is 0 Å². The van der Waals surface area contributed by atoms with Gasteiger partial charge < -0.3 is 10.5 Å². The molecule has 14 heavy (non-hydrogen) atoms. The Hall–Kier alpha value is -1.29. The summed E-state index contributed by atoms with van der Waals surface area (Å²) in [6, 6.07) is 3.44. The van der Waals surface area contributed by atoms with Crippen molar-refractivity contribution in [1.82, 2.24) is 4.98 Å². The molecule has 0 fully saturated rings. The molecular weight excluding hydrogens is 202 g/mol. The van der Waals surface area contributed by atoms with Crippen molar-refractivity contribution in [3.8, 4) is 5.88 Å². The van der Waals surface area contributed by atoms with Crippen LogP contribution < -0.4 is 10.5 Å². The molecule has 5 heteroatoms. The Morgan fingerprint density at radius 1 is 1.57 bits per heavy atom. The molecule has 1 aromatic rings. The molecule has 4 nitrogen and oxygen atoms in total. The molecule has 0 aromatic carbocycles. The average Bonchev–Trinajstić information content (AvgIpc) is 2.03. The first-order valence-electron chi connectivity index (χ1n) is 4.07. The lowest BCUT2D eigenvalue weighted by molar-refractivity contribution is 0.232. The monoisotopic (exact) mass is 215 g/mol. The third-order valence-electron chi connectivity index (χ3n) is 1.41. The fraction of sp³-hybridized carbons (Fsp3) is 0.333. The van der Waals surface area contributed by atoms with Crippen molar-refractivity contribution in [2.24, 2.45) is 5.73 Å². The summed E-state index contributed by atoms with van der Waals surface area (Å²) >= 11 is 0. The molecule has 0 amide bonds. The molecule has 1 heterocycles. The van der Waals surface area contributed by atoms with Crippen LogP contribution in [0.3, 0.4) is 0 Å². The Morgan fingerprint density at radius 2 is 2.21 bits per heavy atom. The second-order valence-electron chi connectivity index (χ2n) is 2.94. The minimum Gasteiger partial charge on any atom is -0.474 e. The molecule has 0 radical (unpaired) electrons. The van der Waals surface area contributed by atoms with Gasteiger partial charge in [-0.15, -0.1) is 12.4 Å². The van der Waals surface area contributed by atoms with Crippen LogP contribution in [0, 0.1) is 5.41 Å². The highest BCUT2D eigenvalue weighted by Gasteiger charge is 2.07. The van der Waals surface area contributed by atoms with Crippen LogP contribution in [0.1, 0.15) is 19.4 Å². The zero-order valence-corrected chi connectivity index (χ0v) is 8.97. The second-order valence-corrected chi connectivity index (χ2v) is 2.94. The van der Waals surface area contributed by atoms with Crippen LogP contribution in [-0.4, -0.2) is 16.9 Å². The predicted molar refractivity (Wildman–Crippen MR) is 58.3 cm³/mol. The van der Waals surface area contributed by atoms with Gasteiger partial charge in [0.25, 0.3) is 0 Å². The largest absolute Gasteiger partial charge is 0.474 e. The van der Waals surface area contributed by atoms with E-state index >= 15 is 0 Å². The Kier molecular flexibility index (Phi) is 4.94. The maximum atomic E-state index is 7.28. The van der Waals surface area contributed by atoms with E-state index in [0.29, 0.717) is 11.4 Å². The van der Waals surface area contributed by atoms with Crippen molar-refractivity contribution in [2.45, 2.75) is 20.0 Å². The van der Waals surface area contributed by atoms with Gasteiger partial charge in [0, 0.05) is 6.20 Å². The summed E-state index contributed by atoms with van der Waals surface area (Å²) in [5, 5.41) is 7.28. The highest BCUT2D eigenvalue weighted by molar-refractivity contribution is 5.96. The van der Waals surface area contributed by atoms with Crippen molar-refractivity contribution in [3.05, 3.63) is 23.9 Å². The summed E-state index contributed by atoms with van der Waals surface area (Å²) in [6.07, 6.45) is 1.65. The van der Waals surface area contributed by atoms with Crippen molar-refractivity contribution in [2.75, 3.05) is 0 Å². The minimum absolute atomic E-state index is 0. The molecule has 0 saturated heterocycles. The molecule has 0 saturated carbocycles. The zero-order valence-electron chi connectivity index (χ0n) is 8.15. The Bertz CT molecular complexity index is 315. The third-order valence-corrected chi connectivity index (χ3v) is 1.41. The lowest BCUT2D eigenvalue weighted by Crippen LogP contribution is -2.16. The quantitative estimate of drug-likeness (QED) is 0.594. The fourth-order valence-electron chi connectivity index (χ4n) is 0.913. The summed E-state index contributed by atoms with van der Waals surface area (Å²) < 4.78 is 5.37. The Balaban J connectivity index is 0.00000169. The third kappa shape index (κ3) is 3.22. The number of nitrogens with zero attached hydrogens (tertiary/aromatic N) is 1. The van der Waals surface area contributed by atoms with Gasteiger partial charge in [-0.3, -0.25) is 5.41 Å².